The largest absolute Gasteiger partial charge is 0.395 e. The Bertz CT molecular complexity index is 543. The van der Waals surface area contributed by atoms with E-state index in [-0.39, 0.29) is 25.0 Å². The molecule has 0 bridgehead atoms. The van der Waals surface area contributed by atoms with Gasteiger partial charge in [-0.05, 0) is 25.3 Å². The average Bonchev–Trinajstić information content (AvgIpc) is 2.93. The molecular weight excluding hydrogens is 288 g/mol. The van der Waals surface area contributed by atoms with E-state index < -0.39 is 0 Å². The fourth-order valence-electron chi connectivity index (χ4n) is 1.68. The van der Waals surface area contributed by atoms with E-state index in [1.54, 1.807) is 11.4 Å². The molecule has 0 saturated carbocycles. The minimum atomic E-state index is -0.188. The number of hydrogen-bond donors (Lipinski definition) is 2. The van der Waals surface area contributed by atoms with Crippen molar-refractivity contribution in [3.63, 3.8) is 0 Å². The van der Waals surface area contributed by atoms with Crippen molar-refractivity contribution in [2.24, 2.45) is 0 Å². The van der Waals surface area contributed by atoms with Crippen molar-refractivity contribution in [2.75, 3.05) is 26.2 Å². The highest BCUT2D eigenvalue weighted by Gasteiger charge is 2.20. The van der Waals surface area contributed by atoms with Crippen LogP contribution in [0.5, 0.6) is 0 Å². The van der Waals surface area contributed by atoms with Crippen LogP contribution in [0.4, 0.5) is 0 Å². The summed E-state index contributed by atoms with van der Waals surface area (Å²) in [5, 5.41) is 13.2. The fraction of sp³-hybridized carbons (Fsp3) is 0.467. The highest BCUT2D eigenvalue weighted by Crippen LogP contribution is 2.18. The molecule has 1 rings (SSSR count). The molecule has 2 amide bonds. The Hall–Kier alpha value is -1.84. The maximum absolute atomic E-state index is 12.5. The molecule has 1 heterocycles. The molecule has 0 aliphatic rings. The van der Waals surface area contributed by atoms with E-state index in [0.29, 0.717) is 30.0 Å². The van der Waals surface area contributed by atoms with Crippen LogP contribution in [0.2, 0.25) is 0 Å². The first-order valence-electron chi connectivity index (χ1n) is 6.87. The second-order valence-electron chi connectivity index (χ2n) is 4.21. The number of rotatable bonds is 6. The normalized spacial score (nSPS) is 9.67. The number of carbonyl (C=O) groups excluding carboxylic acids is 2. The summed E-state index contributed by atoms with van der Waals surface area (Å²) in [6.45, 7) is 4.72. The Balaban J connectivity index is 2.84. The summed E-state index contributed by atoms with van der Waals surface area (Å²) in [6, 6.07) is 1.78. The van der Waals surface area contributed by atoms with E-state index >= 15 is 0 Å². The van der Waals surface area contributed by atoms with E-state index in [9.17, 15) is 9.59 Å². The molecule has 1 aromatic heterocycles. The predicted octanol–water partition coefficient (Wildman–Crippen LogP) is 1.08. The number of nitrogens with zero attached hydrogens (tertiary/aromatic N) is 1. The standard InChI is InChI=1S/C15H20N2O3S/c1-3-16-13(19)11-17(4-2)15(20)14-12(8-10-21-14)7-5-6-9-18/h8,10,18H,3-4,6,9,11H2,1-2H3,(H,16,19). The number of nitrogens with one attached hydrogen (secondary N) is 1. The van der Waals surface area contributed by atoms with Gasteiger partial charge in [0.05, 0.1) is 13.2 Å². The Morgan fingerprint density at radius 3 is 2.81 bits per heavy atom. The SMILES string of the molecule is CCNC(=O)CN(CC)C(=O)c1sccc1C#CCCO. The van der Waals surface area contributed by atoms with E-state index in [0.717, 1.165) is 0 Å². The van der Waals surface area contributed by atoms with Crippen molar-refractivity contribution in [1.82, 2.24) is 10.2 Å². The summed E-state index contributed by atoms with van der Waals surface area (Å²) < 4.78 is 0. The maximum Gasteiger partial charge on any atom is 0.265 e. The lowest BCUT2D eigenvalue weighted by Crippen LogP contribution is -2.40. The van der Waals surface area contributed by atoms with Crippen LogP contribution in [0, 0.1) is 11.8 Å². The fourth-order valence-corrected chi connectivity index (χ4v) is 2.50. The quantitative estimate of drug-likeness (QED) is 0.773. The second kappa shape index (κ2) is 9.16. The number of amides is 2. The number of likely N-dealkylation sites (N-methyl/N-ethyl adjacent to an activating group) is 2. The van der Waals surface area contributed by atoms with Crippen molar-refractivity contribution in [3.8, 4) is 11.8 Å². The lowest BCUT2D eigenvalue weighted by atomic mass is 10.2. The molecule has 0 aromatic carbocycles. The third-order valence-corrected chi connectivity index (χ3v) is 3.60. The molecule has 0 saturated heterocycles. The highest BCUT2D eigenvalue weighted by molar-refractivity contribution is 7.12. The number of aliphatic hydroxyl groups excluding tert-OH is 1. The second-order valence-corrected chi connectivity index (χ2v) is 5.13. The average molecular weight is 308 g/mol. The topological polar surface area (TPSA) is 69.6 Å². The zero-order valence-electron chi connectivity index (χ0n) is 12.3. The third kappa shape index (κ3) is 5.21. The van der Waals surface area contributed by atoms with Gasteiger partial charge in [-0.3, -0.25) is 9.59 Å². The van der Waals surface area contributed by atoms with Crippen molar-refractivity contribution in [1.29, 1.82) is 0 Å². The Labute approximate surface area is 129 Å². The van der Waals surface area contributed by atoms with E-state index in [4.69, 9.17) is 5.11 Å². The molecule has 0 radical (unpaired) electrons. The van der Waals surface area contributed by atoms with Gasteiger partial charge in [0.25, 0.3) is 5.91 Å². The first-order valence-corrected chi connectivity index (χ1v) is 7.75. The lowest BCUT2D eigenvalue weighted by molar-refractivity contribution is -0.121. The smallest absolute Gasteiger partial charge is 0.265 e. The van der Waals surface area contributed by atoms with Gasteiger partial charge in [-0.1, -0.05) is 11.8 Å². The molecule has 0 atom stereocenters. The van der Waals surface area contributed by atoms with Gasteiger partial charge in [-0.15, -0.1) is 11.3 Å². The van der Waals surface area contributed by atoms with Crippen LogP contribution in [0.25, 0.3) is 0 Å². The Kier molecular flexibility index (Phi) is 7.51. The first kappa shape index (κ1) is 17.2. The molecular formula is C15H20N2O3S. The van der Waals surface area contributed by atoms with Gasteiger partial charge < -0.3 is 15.3 Å². The lowest BCUT2D eigenvalue weighted by Gasteiger charge is -2.19. The van der Waals surface area contributed by atoms with Gasteiger partial charge in [-0.25, -0.2) is 0 Å². The molecule has 1 aromatic rings. The van der Waals surface area contributed by atoms with Gasteiger partial charge in [0, 0.05) is 25.1 Å². The molecule has 0 unspecified atom stereocenters. The van der Waals surface area contributed by atoms with Crippen molar-refractivity contribution in [2.45, 2.75) is 20.3 Å². The van der Waals surface area contributed by atoms with Crippen molar-refractivity contribution in [3.05, 3.63) is 21.9 Å². The molecule has 5 nitrogen and oxygen atoms in total. The minimum absolute atomic E-state index is 0.00130. The summed E-state index contributed by atoms with van der Waals surface area (Å²) in [5.41, 5.74) is 0.646. The van der Waals surface area contributed by atoms with Crippen LogP contribution in [0.1, 0.15) is 35.5 Å². The Morgan fingerprint density at radius 1 is 1.43 bits per heavy atom. The Morgan fingerprint density at radius 2 is 2.19 bits per heavy atom. The van der Waals surface area contributed by atoms with Crippen LogP contribution >= 0.6 is 11.3 Å². The van der Waals surface area contributed by atoms with Gasteiger partial charge in [0.2, 0.25) is 5.91 Å². The summed E-state index contributed by atoms with van der Waals surface area (Å²) >= 11 is 1.31. The minimum Gasteiger partial charge on any atom is -0.395 e. The van der Waals surface area contributed by atoms with E-state index in [1.165, 1.54) is 16.2 Å². The molecule has 2 N–H and O–H groups in total. The predicted molar refractivity (Wildman–Crippen MR) is 83.2 cm³/mol. The number of hydrogen-bond acceptors (Lipinski definition) is 4. The molecule has 0 aliphatic carbocycles. The molecule has 0 aliphatic heterocycles. The summed E-state index contributed by atoms with van der Waals surface area (Å²) in [5.74, 6) is 5.34. The zero-order valence-corrected chi connectivity index (χ0v) is 13.1. The van der Waals surface area contributed by atoms with Gasteiger partial charge in [0.15, 0.2) is 0 Å². The van der Waals surface area contributed by atoms with Crippen LogP contribution < -0.4 is 5.32 Å². The summed E-state index contributed by atoms with van der Waals surface area (Å²) in [6.07, 6.45) is 0.375. The molecule has 0 fully saturated rings. The summed E-state index contributed by atoms with van der Waals surface area (Å²) in [4.78, 5) is 26.1. The van der Waals surface area contributed by atoms with Crippen LogP contribution in [0.15, 0.2) is 11.4 Å². The molecule has 114 valence electrons. The van der Waals surface area contributed by atoms with E-state index in [2.05, 4.69) is 17.2 Å². The van der Waals surface area contributed by atoms with Gasteiger partial charge in [-0.2, -0.15) is 0 Å². The highest BCUT2D eigenvalue weighted by atomic mass is 32.1. The molecule has 21 heavy (non-hydrogen) atoms. The molecule has 0 spiro atoms. The van der Waals surface area contributed by atoms with Crippen LogP contribution in [-0.4, -0.2) is 48.1 Å². The van der Waals surface area contributed by atoms with Crippen LogP contribution in [-0.2, 0) is 4.79 Å². The van der Waals surface area contributed by atoms with Gasteiger partial charge in [0.1, 0.15) is 4.88 Å². The van der Waals surface area contributed by atoms with Gasteiger partial charge >= 0.3 is 0 Å². The van der Waals surface area contributed by atoms with Crippen LogP contribution in [0.3, 0.4) is 0 Å². The first-order chi connectivity index (χ1) is 10.1. The monoisotopic (exact) mass is 308 g/mol. The number of carbonyl (C=O) groups is 2. The zero-order chi connectivity index (χ0) is 15.7. The number of thiophene rings is 1. The summed E-state index contributed by atoms with van der Waals surface area (Å²) in [7, 11) is 0. The molecule has 6 heteroatoms. The maximum atomic E-state index is 12.5. The van der Waals surface area contributed by atoms with E-state index in [1.807, 2.05) is 13.8 Å². The number of aliphatic hydroxyl groups is 1. The van der Waals surface area contributed by atoms with Crippen molar-refractivity contribution >= 4 is 23.2 Å². The van der Waals surface area contributed by atoms with Crippen molar-refractivity contribution < 1.29 is 14.7 Å². The third-order valence-electron chi connectivity index (χ3n) is 2.70.